The van der Waals surface area contributed by atoms with Crippen molar-refractivity contribution >= 4 is 0 Å². The van der Waals surface area contributed by atoms with Crippen molar-refractivity contribution in [3.8, 4) is 0 Å². The first-order chi connectivity index (χ1) is 7.06. The number of hydrogen-bond donors (Lipinski definition) is 1. The summed E-state index contributed by atoms with van der Waals surface area (Å²) in [4.78, 5) is 5.10. The Morgan fingerprint density at radius 2 is 2.00 bits per heavy atom. The zero-order valence-corrected chi connectivity index (χ0v) is 11.0. The molecule has 2 unspecified atom stereocenters. The van der Waals surface area contributed by atoms with Crippen molar-refractivity contribution in [2.24, 2.45) is 5.92 Å². The van der Waals surface area contributed by atoms with Crippen molar-refractivity contribution in [1.29, 1.82) is 0 Å². The summed E-state index contributed by atoms with van der Waals surface area (Å²) in [5, 5.41) is 3.32. The summed E-state index contributed by atoms with van der Waals surface area (Å²) in [7, 11) is 4.28. The van der Waals surface area contributed by atoms with Crippen LogP contribution in [0.25, 0.3) is 0 Å². The van der Waals surface area contributed by atoms with E-state index in [1.54, 1.807) is 0 Å². The van der Waals surface area contributed by atoms with Gasteiger partial charge in [0.05, 0.1) is 0 Å². The predicted molar refractivity (Wildman–Crippen MR) is 66.2 cm³/mol. The number of nitrogens with zero attached hydrogens (tertiary/aromatic N) is 2. The van der Waals surface area contributed by atoms with E-state index in [1.807, 2.05) is 0 Å². The van der Waals surface area contributed by atoms with E-state index in [2.05, 4.69) is 50.0 Å². The minimum Gasteiger partial charge on any atom is -0.318 e. The first-order valence-corrected chi connectivity index (χ1v) is 6.15. The van der Waals surface area contributed by atoms with Gasteiger partial charge in [0, 0.05) is 38.3 Å². The highest BCUT2D eigenvalue weighted by Crippen LogP contribution is 2.15. The average molecular weight is 213 g/mol. The molecule has 0 amide bonds. The molecule has 1 aliphatic rings. The lowest BCUT2D eigenvalue weighted by atomic mass is 10.0. The Kier molecular flexibility index (Phi) is 5.03. The van der Waals surface area contributed by atoms with Crippen LogP contribution in [-0.2, 0) is 0 Å². The Balaban J connectivity index is 2.53. The lowest BCUT2D eigenvalue weighted by molar-refractivity contribution is 0.0554. The third kappa shape index (κ3) is 3.44. The van der Waals surface area contributed by atoms with E-state index in [1.165, 1.54) is 19.6 Å². The van der Waals surface area contributed by atoms with Gasteiger partial charge in [-0.15, -0.1) is 0 Å². The Bertz CT molecular complexity index is 182. The molecule has 0 aromatic heterocycles. The van der Waals surface area contributed by atoms with E-state index < -0.39 is 0 Å². The molecule has 0 radical (unpaired) electrons. The topological polar surface area (TPSA) is 18.5 Å². The van der Waals surface area contributed by atoms with Crippen molar-refractivity contribution in [3.05, 3.63) is 0 Å². The van der Waals surface area contributed by atoms with E-state index in [4.69, 9.17) is 0 Å². The molecular formula is C12H27N3. The van der Waals surface area contributed by atoms with Crippen LogP contribution in [0.15, 0.2) is 0 Å². The second-order valence-corrected chi connectivity index (χ2v) is 5.19. The Morgan fingerprint density at radius 1 is 1.33 bits per heavy atom. The van der Waals surface area contributed by atoms with Gasteiger partial charge in [0.15, 0.2) is 0 Å². The molecule has 1 fully saturated rings. The molecule has 0 spiro atoms. The molecule has 3 nitrogen and oxygen atoms in total. The first-order valence-electron chi connectivity index (χ1n) is 6.15. The van der Waals surface area contributed by atoms with Crippen LogP contribution in [0.4, 0.5) is 0 Å². The van der Waals surface area contributed by atoms with Crippen molar-refractivity contribution in [3.63, 3.8) is 0 Å². The van der Waals surface area contributed by atoms with Crippen LogP contribution in [0.1, 0.15) is 20.8 Å². The molecule has 0 saturated carbocycles. The number of hydrogen-bond acceptors (Lipinski definition) is 3. The normalized spacial score (nSPS) is 27.2. The molecule has 1 N–H and O–H groups in total. The maximum atomic E-state index is 3.32. The molecule has 0 aromatic rings. The van der Waals surface area contributed by atoms with Gasteiger partial charge in [-0.2, -0.15) is 0 Å². The van der Waals surface area contributed by atoms with Gasteiger partial charge in [-0.1, -0.05) is 13.8 Å². The van der Waals surface area contributed by atoms with E-state index in [0.29, 0.717) is 12.1 Å². The molecule has 3 heteroatoms. The molecule has 2 atom stereocenters. The second-order valence-electron chi connectivity index (χ2n) is 5.19. The van der Waals surface area contributed by atoms with Crippen molar-refractivity contribution in [2.75, 3.05) is 40.3 Å². The van der Waals surface area contributed by atoms with Gasteiger partial charge in [-0.05, 0) is 26.9 Å². The lowest BCUT2D eigenvalue weighted by Gasteiger charge is -2.43. The molecule has 1 rings (SSSR count). The van der Waals surface area contributed by atoms with Gasteiger partial charge < -0.3 is 10.2 Å². The van der Waals surface area contributed by atoms with Crippen LogP contribution in [-0.4, -0.2) is 62.2 Å². The van der Waals surface area contributed by atoms with Crippen LogP contribution in [0.2, 0.25) is 0 Å². The SMILES string of the molecule is CNCC(C(C)C)N1CCN(C)C(C)C1. The highest BCUT2D eigenvalue weighted by Gasteiger charge is 2.27. The van der Waals surface area contributed by atoms with Crippen LogP contribution < -0.4 is 5.32 Å². The standard InChI is InChI=1S/C12H27N3/c1-10(2)12(8-13-4)15-7-6-14(5)11(3)9-15/h10-13H,6-9H2,1-5H3. The van der Waals surface area contributed by atoms with Gasteiger partial charge >= 0.3 is 0 Å². The van der Waals surface area contributed by atoms with Gasteiger partial charge in [0.1, 0.15) is 0 Å². The fourth-order valence-corrected chi connectivity index (χ4v) is 2.37. The monoisotopic (exact) mass is 213 g/mol. The second kappa shape index (κ2) is 5.83. The van der Waals surface area contributed by atoms with E-state index in [9.17, 15) is 0 Å². The summed E-state index contributed by atoms with van der Waals surface area (Å²) >= 11 is 0. The van der Waals surface area contributed by atoms with Crippen LogP contribution in [0, 0.1) is 5.92 Å². The van der Waals surface area contributed by atoms with Crippen molar-refractivity contribution in [2.45, 2.75) is 32.9 Å². The zero-order chi connectivity index (χ0) is 11.4. The van der Waals surface area contributed by atoms with Gasteiger partial charge in [-0.3, -0.25) is 4.90 Å². The summed E-state index contributed by atoms with van der Waals surface area (Å²) in [6.45, 7) is 11.7. The average Bonchev–Trinajstić information content (AvgIpc) is 2.18. The number of piperazine rings is 1. The van der Waals surface area contributed by atoms with Crippen LogP contribution in [0.3, 0.4) is 0 Å². The molecular weight excluding hydrogens is 186 g/mol. The zero-order valence-electron chi connectivity index (χ0n) is 11.0. The number of rotatable bonds is 4. The number of likely N-dealkylation sites (N-methyl/N-ethyl adjacent to an activating group) is 2. The largest absolute Gasteiger partial charge is 0.318 e. The third-order valence-corrected chi connectivity index (χ3v) is 3.64. The van der Waals surface area contributed by atoms with Gasteiger partial charge in [0.2, 0.25) is 0 Å². The van der Waals surface area contributed by atoms with Gasteiger partial charge in [-0.25, -0.2) is 0 Å². The van der Waals surface area contributed by atoms with Crippen molar-refractivity contribution < 1.29 is 0 Å². The van der Waals surface area contributed by atoms with Crippen molar-refractivity contribution in [1.82, 2.24) is 15.1 Å². The maximum Gasteiger partial charge on any atom is 0.0244 e. The first kappa shape index (κ1) is 12.9. The molecule has 0 aromatic carbocycles. The fourth-order valence-electron chi connectivity index (χ4n) is 2.37. The maximum absolute atomic E-state index is 3.32. The Morgan fingerprint density at radius 3 is 2.47 bits per heavy atom. The summed E-state index contributed by atoms with van der Waals surface area (Å²) in [6, 6.07) is 1.38. The quantitative estimate of drug-likeness (QED) is 0.747. The fraction of sp³-hybridized carbons (Fsp3) is 1.00. The number of nitrogens with one attached hydrogen (secondary N) is 1. The minimum atomic E-state index is 0.686. The summed E-state index contributed by atoms with van der Waals surface area (Å²) in [5.74, 6) is 0.730. The predicted octanol–water partition coefficient (Wildman–Crippen LogP) is 0.866. The molecule has 1 aliphatic heterocycles. The van der Waals surface area contributed by atoms with Crippen LogP contribution in [0.5, 0.6) is 0 Å². The smallest absolute Gasteiger partial charge is 0.0244 e. The van der Waals surface area contributed by atoms with Crippen LogP contribution >= 0.6 is 0 Å². The summed E-state index contributed by atoms with van der Waals surface area (Å²) in [6.07, 6.45) is 0. The molecule has 15 heavy (non-hydrogen) atoms. The Labute approximate surface area is 94.8 Å². The molecule has 1 saturated heterocycles. The van der Waals surface area contributed by atoms with E-state index in [-0.39, 0.29) is 0 Å². The van der Waals surface area contributed by atoms with E-state index >= 15 is 0 Å². The molecule has 90 valence electrons. The Hall–Kier alpha value is -0.120. The minimum absolute atomic E-state index is 0.686. The summed E-state index contributed by atoms with van der Waals surface area (Å²) in [5.41, 5.74) is 0. The van der Waals surface area contributed by atoms with Gasteiger partial charge in [0.25, 0.3) is 0 Å². The molecule has 0 aliphatic carbocycles. The third-order valence-electron chi connectivity index (χ3n) is 3.64. The molecule has 1 heterocycles. The highest BCUT2D eigenvalue weighted by molar-refractivity contribution is 4.84. The van der Waals surface area contributed by atoms with E-state index in [0.717, 1.165) is 12.5 Å². The molecule has 0 bridgehead atoms. The summed E-state index contributed by atoms with van der Waals surface area (Å²) < 4.78 is 0. The highest BCUT2D eigenvalue weighted by atomic mass is 15.3. The lowest BCUT2D eigenvalue weighted by Crippen LogP contribution is -2.56.